The highest BCUT2D eigenvalue weighted by molar-refractivity contribution is 6.02. The van der Waals surface area contributed by atoms with Crippen molar-refractivity contribution in [3.63, 3.8) is 0 Å². The van der Waals surface area contributed by atoms with Crippen LogP contribution in [0.2, 0.25) is 0 Å². The van der Waals surface area contributed by atoms with Crippen LogP contribution < -0.4 is 4.90 Å². The number of rotatable bonds is 2. The first-order valence-electron chi connectivity index (χ1n) is 4.94. The second-order valence-electron chi connectivity index (χ2n) is 3.71. The molecule has 0 spiro atoms. The average Bonchev–Trinajstić information content (AvgIpc) is 2.68. The lowest BCUT2D eigenvalue weighted by Crippen LogP contribution is -2.42. The zero-order valence-electron chi connectivity index (χ0n) is 9.47. The summed E-state index contributed by atoms with van der Waals surface area (Å²) >= 11 is 0. The lowest BCUT2D eigenvalue weighted by atomic mass is 10.2. The van der Waals surface area contributed by atoms with Crippen LogP contribution in [-0.4, -0.2) is 34.6 Å². The molecule has 2 heterocycles. The standard InChI is InChI=1S/C11H14N4O/c1-5-6-15-7-12-10-9(15)8(2)13(3)11(16)14(10)4/h5,7H,1-2,6H2,3-4H3. The molecule has 2 rings (SSSR count). The summed E-state index contributed by atoms with van der Waals surface area (Å²) in [7, 11) is 3.41. The quantitative estimate of drug-likeness (QED) is 0.706. The largest absolute Gasteiger partial charge is 0.329 e. The summed E-state index contributed by atoms with van der Waals surface area (Å²) in [5, 5.41) is 0. The molecule has 0 bridgehead atoms. The average molecular weight is 218 g/mol. The van der Waals surface area contributed by atoms with E-state index in [0.29, 0.717) is 18.1 Å². The summed E-state index contributed by atoms with van der Waals surface area (Å²) in [6.07, 6.45) is 3.48. The number of carbonyl (C=O) groups is 1. The minimum atomic E-state index is -0.124. The molecule has 2 amide bonds. The van der Waals surface area contributed by atoms with E-state index in [0.717, 1.165) is 5.69 Å². The van der Waals surface area contributed by atoms with Crippen LogP contribution in [-0.2, 0) is 6.54 Å². The van der Waals surface area contributed by atoms with Crippen LogP contribution in [0.25, 0.3) is 5.70 Å². The molecule has 0 fully saturated rings. The first-order valence-corrected chi connectivity index (χ1v) is 4.94. The minimum absolute atomic E-state index is 0.124. The number of allylic oxidation sites excluding steroid dienone is 1. The summed E-state index contributed by atoms with van der Waals surface area (Å²) in [5.74, 6) is 0.648. The Balaban J connectivity index is 2.57. The van der Waals surface area contributed by atoms with Crippen molar-refractivity contribution in [3.8, 4) is 0 Å². The lowest BCUT2D eigenvalue weighted by Gasteiger charge is -2.31. The number of fused-ring (bicyclic) bond motifs is 1. The Labute approximate surface area is 94.3 Å². The fraction of sp³-hybridized carbons (Fsp3) is 0.273. The summed E-state index contributed by atoms with van der Waals surface area (Å²) in [5.41, 5.74) is 1.53. The summed E-state index contributed by atoms with van der Waals surface area (Å²) in [4.78, 5) is 19.0. The van der Waals surface area contributed by atoms with E-state index in [-0.39, 0.29) is 6.03 Å². The fourth-order valence-corrected chi connectivity index (χ4v) is 1.78. The molecule has 16 heavy (non-hydrogen) atoms. The van der Waals surface area contributed by atoms with Crippen LogP contribution in [0.15, 0.2) is 25.6 Å². The molecule has 5 heteroatoms. The van der Waals surface area contributed by atoms with Crippen molar-refractivity contribution in [2.24, 2.45) is 0 Å². The topological polar surface area (TPSA) is 41.4 Å². The van der Waals surface area contributed by atoms with E-state index < -0.39 is 0 Å². The van der Waals surface area contributed by atoms with Gasteiger partial charge in [0.2, 0.25) is 0 Å². The van der Waals surface area contributed by atoms with Crippen molar-refractivity contribution in [2.75, 3.05) is 19.0 Å². The van der Waals surface area contributed by atoms with Crippen molar-refractivity contribution >= 4 is 17.5 Å². The highest BCUT2D eigenvalue weighted by atomic mass is 16.2. The van der Waals surface area contributed by atoms with Crippen LogP contribution in [0.1, 0.15) is 5.69 Å². The third-order valence-corrected chi connectivity index (χ3v) is 2.71. The highest BCUT2D eigenvalue weighted by Gasteiger charge is 2.31. The summed E-state index contributed by atoms with van der Waals surface area (Å²) in [6, 6.07) is -0.124. The molecule has 1 aromatic rings. The van der Waals surface area contributed by atoms with E-state index in [1.54, 1.807) is 26.5 Å². The van der Waals surface area contributed by atoms with Gasteiger partial charge in [0.05, 0.1) is 12.0 Å². The molecule has 1 aliphatic rings. The highest BCUT2D eigenvalue weighted by Crippen LogP contribution is 2.32. The molecule has 1 aromatic heterocycles. The van der Waals surface area contributed by atoms with Crippen molar-refractivity contribution in [3.05, 3.63) is 31.3 Å². The number of imidazole rings is 1. The maximum absolute atomic E-state index is 11.8. The van der Waals surface area contributed by atoms with Crippen LogP contribution >= 0.6 is 0 Å². The Morgan fingerprint density at radius 2 is 2.12 bits per heavy atom. The number of hydrogen-bond acceptors (Lipinski definition) is 2. The molecule has 0 unspecified atom stereocenters. The van der Waals surface area contributed by atoms with Crippen molar-refractivity contribution in [1.82, 2.24) is 14.5 Å². The maximum Gasteiger partial charge on any atom is 0.329 e. The minimum Gasteiger partial charge on any atom is -0.324 e. The summed E-state index contributed by atoms with van der Waals surface area (Å²) < 4.78 is 1.92. The third-order valence-electron chi connectivity index (χ3n) is 2.71. The van der Waals surface area contributed by atoms with Crippen LogP contribution in [0.5, 0.6) is 0 Å². The van der Waals surface area contributed by atoms with Gasteiger partial charge in [-0.3, -0.25) is 9.80 Å². The molecule has 0 aliphatic carbocycles. The monoisotopic (exact) mass is 218 g/mol. The number of amides is 2. The molecule has 0 N–H and O–H groups in total. The molecule has 0 radical (unpaired) electrons. The zero-order chi connectivity index (χ0) is 11.9. The van der Waals surface area contributed by atoms with Gasteiger partial charge in [-0.1, -0.05) is 12.7 Å². The van der Waals surface area contributed by atoms with Gasteiger partial charge in [0, 0.05) is 20.6 Å². The van der Waals surface area contributed by atoms with Gasteiger partial charge in [-0.25, -0.2) is 9.78 Å². The van der Waals surface area contributed by atoms with Gasteiger partial charge in [0.1, 0.15) is 5.69 Å². The van der Waals surface area contributed by atoms with Gasteiger partial charge in [-0.05, 0) is 0 Å². The summed E-state index contributed by atoms with van der Waals surface area (Å²) in [6.45, 7) is 8.26. The normalized spacial score (nSPS) is 15.4. The Bertz CT molecular complexity index is 474. The molecule has 0 saturated carbocycles. The predicted molar refractivity (Wildman–Crippen MR) is 63.0 cm³/mol. The second kappa shape index (κ2) is 3.52. The van der Waals surface area contributed by atoms with E-state index in [1.807, 2.05) is 4.57 Å². The van der Waals surface area contributed by atoms with Gasteiger partial charge in [0.25, 0.3) is 0 Å². The number of aromatic nitrogens is 2. The van der Waals surface area contributed by atoms with E-state index in [9.17, 15) is 4.79 Å². The smallest absolute Gasteiger partial charge is 0.324 e. The molecule has 5 nitrogen and oxygen atoms in total. The lowest BCUT2D eigenvalue weighted by molar-refractivity contribution is 0.230. The van der Waals surface area contributed by atoms with Crippen molar-refractivity contribution in [2.45, 2.75) is 6.54 Å². The van der Waals surface area contributed by atoms with Crippen LogP contribution in [0.4, 0.5) is 10.6 Å². The van der Waals surface area contributed by atoms with Crippen molar-refractivity contribution in [1.29, 1.82) is 0 Å². The Kier molecular flexibility index (Phi) is 2.30. The van der Waals surface area contributed by atoms with Gasteiger partial charge in [0.15, 0.2) is 5.82 Å². The van der Waals surface area contributed by atoms with E-state index in [4.69, 9.17) is 0 Å². The van der Waals surface area contributed by atoms with Crippen LogP contribution in [0.3, 0.4) is 0 Å². The predicted octanol–water partition coefficient (Wildman–Crippen LogP) is 1.54. The Hall–Kier alpha value is -2.04. The van der Waals surface area contributed by atoms with Gasteiger partial charge < -0.3 is 4.57 Å². The first-order chi connectivity index (χ1) is 7.57. The Morgan fingerprint density at radius 3 is 2.75 bits per heavy atom. The van der Waals surface area contributed by atoms with Gasteiger partial charge in [-0.2, -0.15) is 0 Å². The SMILES string of the molecule is C=CCn1cnc2c1C(=C)N(C)C(=O)N2C. The number of carbonyl (C=O) groups excluding carboxylic acids is 1. The number of urea groups is 1. The number of nitrogens with zero attached hydrogens (tertiary/aromatic N) is 4. The molecule has 84 valence electrons. The fourth-order valence-electron chi connectivity index (χ4n) is 1.78. The molecular formula is C11H14N4O. The van der Waals surface area contributed by atoms with Crippen molar-refractivity contribution < 1.29 is 4.79 Å². The van der Waals surface area contributed by atoms with Gasteiger partial charge in [-0.15, -0.1) is 6.58 Å². The molecular weight excluding hydrogens is 204 g/mol. The Morgan fingerprint density at radius 1 is 1.44 bits per heavy atom. The van der Waals surface area contributed by atoms with E-state index >= 15 is 0 Å². The van der Waals surface area contributed by atoms with Gasteiger partial charge >= 0.3 is 6.03 Å². The first kappa shape index (κ1) is 10.5. The maximum atomic E-state index is 11.8. The van der Waals surface area contributed by atoms with Crippen LogP contribution in [0, 0.1) is 0 Å². The molecule has 0 atom stereocenters. The molecule has 0 aromatic carbocycles. The molecule has 1 aliphatic heterocycles. The second-order valence-corrected chi connectivity index (χ2v) is 3.71. The third kappa shape index (κ3) is 1.25. The number of anilines is 1. The zero-order valence-corrected chi connectivity index (χ0v) is 9.47. The molecule has 0 saturated heterocycles. The number of hydrogen-bond donors (Lipinski definition) is 0. The van der Waals surface area contributed by atoms with E-state index in [1.165, 1.54) is 9.80 Å². The van der Waals surface area contributed by atoms with E-state index in [2.05, 4.69) is 18.1 Å².